The maximum absolute atomic E-state index is 12.3. The van der Waals surface area contributed by atoms with E-state index in [1.807, 2.05) is 23.1 Å². The Bertz CT molecular complexity index is 745. The maximum atomic E-state index is 12.3. The van der Waals surface area contributed by atoms with Crippen molar-refractivity contribution in [2.45, 2.75) is 31.9 Å². The van der Waals surface area contributed by atoms with Crippen LogP contribution in [0.2, 0.25) is 0 Å². The summed E-state index contributed by atoms with van der Waals surface area (Å²) in [6.07, 6.45) is -1.16. The third-order valence-corrected chi connectivity index (χ3v) is 4.57. The first-order chi connectivity index (χ1) is 11.8. The third-order valence-electron chi connectivity index (χ3n) is 4.57. The summed E-state index contributed by atoms with van der Waals surface area (Å²) in [5.74, 6) is 0.0154. The number of hydrazine groups is 1. The fraction of sp³-hybridized carbons (Fsp3) is 0.562. The molecule has 136 valence electrons. The second-order valence-corrected chi connectivity index (χ2v) is 6.29. The third kappa shape index (κ3) is 4.09. The Kier molecular flexibility index (Phi) is 4.94. The Hall–Kier alpha value is -2.16. The molecule has 6 nitrogen and oxygen atoms in total. The number of hydrogen-bond donors (Lipinski definition) is 1. The molecule has 3 rings (SSSR count). The lowest BCUT2D eigenvalue weighted by molar-refractivity contribution is -0.145. The SMILES string of the molecule is CN(c1ncnc2[nH]ccc12)N1CCC[C@@H](C(=O)CCC(F)(F)F)C1. The van der Waals surface area contributed by atoms with Crippen molar-refractivity contribution >= 4 is 22.6 Å². The lowest BCUT2D eigenvalue weighted by Crippen LogP contribution is -2.48. The molecule has 2 aromatic heterocycles. The molecule has 2 aromatic rings. The Morgan fingerprint density at radius 3 is 3.00 bits per heavy atom. The minimum absolute atomic E-state index is 0.315. The summed E-state index contributed by atoms with van der Waals surface area (Å²) < 4.78 is 37.0. The first-order valence-electron chi connectivity index (χ1n) is 8.21. The predicted octanol–water partition coefficient (Wildman–Crippen LogP) is 2.93. The van der Waals surface area contributed by atoms with Crippen molar-refractivity contribution in [3.05, 3.63) is 18.6 Å². The van der Waals surface area contributed by atoms with E-state index < -0.39 is 19.0 Å². The number of aromatic nitrogens is 3. The number of H-pyrrole nitrogens is 1. The van der Waals surface area contributed by atoms with Crippen LogP contribution < -0.4 is 5.01 Å². The van der Waals surface area contributed by atoms with Crippen molar-refractivity contribution in [2.75, 3.05) is 25.1 Å². The summed E-state index contributed by atoms with van der Waals surface area (Å²) in [6, 6.07) is 1.87. The normalized spacial score (nSPS) is 19.3. The van der Waals surface area contributed by atoms with Gasteiger partial charge in [0.05, 0.1) is 11.8 Å². The number of aromatic amines is 1. The zero-order chi connectivity index (χ0) is 18.0. The average Bonchev–Trinajstić information content (AvgIpc) is 3.07. The molecular formula is C16H20F3N5O. The van der Waals surface area contributed by atoms with Crippen LogP contribution >= 0.6 is 0 Å². The number of nitrogens with one attached hydrogen (secondary N) is 1. The number of carbonyl (C=O) groups excluding carboxylic acids is 1. The van der Waals surface area contributed by atoms with E-state index in [2.05, 4.69) is 15.0 Å². The number of piperidine rings is 1. The van der Waals surface area contributed by atoms with Crippen LogP contribution in [0.15, 0.2) is 18.6 Å². The first-order valence-corrected chi connectivity index (χ1v) is 8.21. The van der Waals surface area contributed by atoms with Gasteiger partial charge in [0, 0.05) is 38.7 Å². The van der Waals surface area contributed by atoms with Crippen LogP contribution in [0, 0.1) is 5.92 Å². The second-order valence-electron chi connectivity index (χ2n) is 6.29. The van der Waals surface area contributed by atoms with Crippen molar-refractivity contribution < 1.29 is 18.0 Å². The van der Waals surface area contributed by atoms with Crippen LogP contribution in [0.1, 0.15) is 25.7 Å². The van der Waals surface area contributed by atoms with Gasteiger partial charge in [0.25, 0.3) is 0 Å². The van der Waals surface area contributed by atoms with E-state index in [0.29, 0.717) is 24.4 Å². The van der Waals surface area contributed by atoms with E-state index in [4.69, 9.17) is 0 Å². The number of fused-ring (bicyclic) bond motifs is 1. The van der Waals surface area contributed by atoms with Gasteiger partial charge in [-0.05, 0) is 18.9 Å². The van der Waals surface area contributed by atoms with Gasteiger partial charge in [0.2, 0.25) is 0 Å². The molecule has 1 fully saturated rings. The van der Waals surface area contributed by atoms with Gasteiger partial charge in [-0.15, -0.1) is 0 Å². The highest BCUT2D eigenvalue weighted by Crippen LogP contribution is 2.28. The second kappa shape index (κ2) is 6.99. The topological polar surface area (TPSA) is 65.1 Å². The summed E-state index contributed by atoms with van der Waals surface area (Å²) in [7, 11) is 1.84. The number of anilines is 1. The number of nitrogens with zero attached hydrogens (tertiary/aromatic N) is 4. The summed E-state index contributed by atoms with van der Waals surface area (Å²) in [6.45, 7) is 1.14. The lowest BCUT2D eigenvalue weighted by atomic mass is 9.92. The average molecular weight is 355 g/mol. The smallest absolute Gasteiger partial charge is 0.346 e. The largest absolute Gasteiger partial charge is 0.389 e. The molecule has 0 saturated carbocycles. The van der Waals surface area contributed by atoms with Crippen LogP contribution in [-0.4, -0.2) is 52.1 Å². The van der Waals surface area contributed by atoms with Gasteiger partial charge in [-0.1, -0.05) is 0 Å². The van der Waals surface area contributed by atoms with Crippen LogP contribution in [0.5, 0.6) is 0 Å². The maximum Gasteiger partial charge on any atom is 0.389 e. The Morgan fingerprint density at radius 1 is 1.44 bits per heavy atom. The van der Waals surface area contributed by atoms with E-state index in [1.165, 1.54) is 6.33 Å². The molecule has 1 atom stereocenters. The monoisotopic (exact) mass is 355 g/mol. The molecule has 0 radical (unpaired) electrons. The molecule has 0 bridgehead atoms. The Morgan fingerprint density at radius 2 is 2.24 bits per heavy atom. The fourth-order valence-electron chi connectivity index (χ4n) is 3.21. The number of rotatable bonds is 5. The Labute approximate surface area is 143 Å². The van der Waals surface area contributed by atoms with Crippen molar-refractivity contribution in [2.24, 2.45) is 5.92 Å². The van der Waals surface area contributed by atoms with Gasteiger partial charge >= 0.3 is 6.18 Å². The first kappa shape index (κ1) is 17.7. The molecule has 0 amide bonds. The van der Waals surface area contributed by atoms with Gasteiger partial charge in [-0.2, -0.15) is 13.2 Å². The molecule has 1 saturated heterocycles. The zero-order valence-corrected chi connectivity index (χ0v) is 13.9. The van der Waals surface area contributed by atoms with Gasteiger partial charge in [0.1, 0.15) is 17.8 Å². The van der Waals surface area contributed by atoms with E-state index >= 15 is 0 Å². The summed E-state index contributed by atoms with van der Waals surface area (Å²) in [5.41, 5.74) is 0.715. The molecule has 0 unspecified atom stereocenters. The molecule has 3 heterocycles. The van der Waals surface area contributed by atoms with Crippen molar-refractivity contribution in [1.29, 1.82) is 0 Å². The molecule has 1 N–H and O–H groups in total. The van der Waals surface area contributed by atoms with Crippen molar-refractivity contribution in [1.82, 2.24) is 20.0 Å². The van der Waals surface area contributed by atoms with Gasteiger partial charge in [0.15, 0.2) is 5.82 Å². The number of carbonyl (C=O) groups is 1. The number of halogens is 3. The number of alkyl halides is 3. The fourth-order valence-corrected chi connectivity index (χ4v) is 3.21. The highest BCUT2D eigenvalue weighted by Gasteiger charge is 2.32. The minimum Gasteiger partial charge on any atom is -0.346 e. The molecule has 1 aliphatic rings. The number of ketones is 1. The Balaban J connectivity index is 1.68. The van der Waals surface area contributed by atoms with Crippen LogP contribution in [0.4, 0.5) is 19.0 Å². The van der Waals surface area contributed by atoms with E-state index in [-0.39, 0.29) is 11.7 Å². The minimum atomic E-state index is -4.29. The quantitative estimate of drug-likeness (QED) is 0.893. The summed E-state index contributed by atoms with van der Waals surface area (Å²) in [5, 5.41) is 4.69. The molecule has 0 aromatic carbocycles. The molecule has 25 heavy (non-hydrogen) atoms. The van der Waals surface area contributed by atoms with Gasteiger partial charge < -0.3 is 4.98 Å². The highest BCUT2D eigenvalue weighted by molar-refractivity contribution is 5.87. The standard InChI is InChI=1S/C16H20F3N5O/c1-23(15-12-5-7-20-14(12)21-10-22-15)24-8-2-3-11(9-24)13(25)4-6-16(17,18)19/h5,7,10-11H,2-4,6,8-9H2,1H3,(H,20,21,22)/t11-/m1/s1. The van der Waals surface area contributed by atoms with Crippen LogP contribution in [0.25, 0.3) is 11.0 Å². The molecule has 0 spiro atoms. The molecular weight excluding hydrogens is 335 g/mol. The van der Waals surface area contributed by atoms with Crippen LogP contribution in [-0.2, 0) is 4.79 Å². The van der Waals surface area contributed by atoms with Crippen molar-refractivity contribution in [3.63, 3.8) is 0 Å². The zero-order valence-electron chi connectivity index (χ0n) is 13.9. The number of hydrogen-bond acceptors (Lipinski definition) is 5. The lowest BCUT2D eigenvalue weighted by Gasteiger charge is -2.38. The predicted molar refractivity (Wildman–Crippen MR) is 86.9 cm³/mol. The highest BCUT2D eigenvalue weighted by atomic mass is 19.4. The van der Waals surface area contributed by atoms with Gasteiger partial charge in [-0.3, -0.25) is 9.80 Å². The van der Waals surface area contributed by atoms with E-state index in [0.717, 1.165) is 18.4 Å². The van der Waals surface area contributed by atoms with Crippen LogP contribution in [0.3, 0.4) is 0 Å². The summed E-state index contributed by atoms with van der Waals surface area (Å²) >= 11 is 0. The molecule has 0 aliphatic carbocycles. The molecule has 1 aliphatic heterocycles. The number of Topliss-reactive ketones (excluding diaryl/α,β-unsaturated/α-hetero) is 1. The summed E-state index contributed by atoms with van der Waals surface area (Å²) in [4.78, 5) is 23.6. The van der Waals surface area contributed by atoms with E-state index in [1.54, 1.807) is 6.20 Å². The van der Waals surface area contributed by atoms with Crippen molar-refractivity contribution in [3.8, 4) is 0 Å². The van der Waals surface area contributed by atoms with E-state index in [9.17, 15) is 18.0 Å². The van der Waals surface area contributed by atoms with Gasteiger partial charge in [-0.25, -0.2) is 15.0 Å². The molecule has 9 heteroatoms.